The second-order valence-electron chi connectivity index (χ2n) is 5.09. The maximum atomic E-state index is 11.8. The van der Waals surface area contributed by atoms with Crippen molar-refractivity contribution < 1.29 is 4.79 Å². The van der Waals surface area contributed by atoms with Crippen LogP contribution in [0.4, 0.5) is 11.4 Å². The molecule has 0 aliphatic carbocycles. The molecule has 2 rings (SSSR count). The van der Waals surface area contributed by atoms with Gasteiger partial charge in [-0.25, -0.2) is 0 Å². The highest BCUT2D eigenvalue weighted by Gasteiger charge is 2.36. The summed E-state index contributed by atoms with van der Waals surface area (Å²) < 4.78 is 0. The van der Waals surface area contributed by atoms with Crippen LogP contribution in [0.1, 0.15) is 26.3 Å². The fraction of sp³-hybridized carbons (Fsp3) is 0.462. The largest absolute Gasteiger partial charge is 0.381 e. The second-order valence-corrected chi connectivity index (χ2v) is 5.49. The van der Waals surface area contributed by atoms with Gasteiger partial charge in [-0.3, -0.25) is 4.79 Å². The van der Waals surface area contributed by atoms with Crippen LogP contribution in [0.25, 0.3) is 0 Å². The second kappa shape index (κ2) is 3.91. The third-order valence-electron chi connectivity index (χ3n) is 3.24. The SMILES string of the molecule is CC(=O)N1c2ccc(Cl)c(C)c2NCC1(C)C. The zero-order valence-electron chi connectivity index (χ0n) is 10.6. The molecule has 17 heavy (non-hydrogen) atoms. The lowest BCUT2D eigenvalue weighted by molar-refractivity contribution is -0.117. The Morgan fingerprint density at radius 3 is 2.71 bits per heavy atom. The van der Waals surface area contributed by atoms with Crippen LogP contribution in [-0.2, 0) is 4.79 Å². The number of hydrogen-bond donors (Lipinski definition) is 1. The Balaban J connectivity index is 2.62. The van der Waals surface area contributed by atoms with Crippen molar-refractivity contribution in [3.05, 3.63) is 22.7 Å². The average molecular weight is 253 g/mol. The molecule has 0 bridgehead atoms. The molecule has 0 radical (unpaired) electrons. The zero-order valence-corrected chi connectivity index (χ0v) is 11.4. The Morgan fingerprint density at radius 1 is 1.47 bits per heavy atom. The number of fused-ring (bicyclic) bond motifs is 1. The minimum atomic E-state index is -0.223. The van der Waals surface area contributed by atoms with E-state index in [2.05, 4.69) is 5.32 Å². The Labute approximate surface area is 107 Å². The molecule has 1 amide bonds. The number of carbonyl (C=O) groups excluding carboxylic acids is 1. The van der Waals surface area contributed by atoms with E-state index >= 15 is 0 Å². The molecule has 0 saturated carbocycles. The number of amides is 1. The van der Waals surface area contributed by atoms with Crippen LogP contribution < -0.4 is 10.2 Å². The monoisotopic (exact) mass is 252 g/mol. The van der Waals surface area contributed by atoms with Gasteiger partial charge in [0.25, 0.3) is 0 Å². The summed E-state index contributed by atoms with van der Waals surface area (Å²) in [4.78, 5) is 13.7. The van der Waals surface area contributed by atoms with Crippen LogP contribution in [0.15, 0.2) is 12.1 Å². The summed E-state index contributed by atoms with van der Waals surface area (Å²) in [5.41, 5.74) is 2.65. The molecule has 4 heteroatoms. The Morgan fingerprint density at radius 2 is 2.12 bits per heavy atom. The highest BCUT2D eigenvalue weighted by atomic mass is 35.5. The first-order valence-corrected chi connectivity index (χ1v) is 6.06. The standard InChI is InChI=1S/C13H17ClN2O/c1-8-10(14)5-6-11-12(8)15-7-13(3,4)16(11)9(2)17/h5-6,15H,7H2,1-4H3. The van der Waals surface area contributed by atoms with E-state index in [0.29, 0.717) is 0 Å². The third kappa shape index (κ3) is 1.89. The average Bonchev–Trinajstić information content (AvgIpc) is 2.21. The lowest BCUT2D eigenvalue weighted by Gasteiger charge is -2.44. The fourth-order valence-corrected chi connectivity index (χ4v) is 2.54. The number of hydrogen-bond acceptors (Lipinski definition) is 2. The van der Waals surface area contributed by atoms with Gasteiger partial charge in [0.1, 0.15) is 0 Å². The minimum absolute atomic E-state index is 0.0551. The molecule has 0 spiro atoms. The molecule has 0 aromatic heterocycles. The summed E-state index contributed by atoms with van der Waals surface area (Å²) >= 11 is 6.10. The Hall–Kier alpha value is -1.22. The Kier molecular flexibility index (Phi) is 2.82. The van der Waals surface area contributed by atoms with E-state index in [1.54, 1.807) is 6.92 Å². The van der Waals surface area contributed by atoms with Crippen molar-refractivity contribution in [2.24, 2.45) is 0 Å². The number of benzene rings is 1. The van der Waals surface area contributed by atoms with E-state index in [9.17, 15) is 4.79 Å². The number of nitrogens with one attached hydrogen (secondary N) is 1. The molecule has 1 N–H and O–H groups in total. The molecule has 92 valence electrons. The Bertz CT molecular complexity index is 483. The van der Waals surface area contributed by atoms with Gasteiger partial charge >= 0.3 is 0 Å². The first-order valence-electron chi connectivity index (χ1n) is 5.68. The lowest BCUT2D eigenvalue weighted by atomic mass is 9.96. The highest BCUT2D eigenvalue weighted by Crippen LogP contribution is 2.40. The summed E-state index contributed by atoms with van der Waals surface area (Å²) in [5, 5.41) is 4.09. The van der Waals surface area contributed by atoms with Gasteiger partial charge < -0.3 is 10.2 Å². The molecule has 0 atom stereocenters. The number of halogens is 1. The maximum absolute atomic E-state index is 11.8. The van der Waals surface area contributed by atoms with Gasteiger partial charge in [-0.05, 0) is 38.5 Å². The van der Waals surface area contributed by atoms with E-state index < -0.39 is 0 Å². The normalized spacial score (nSPS) is 17.4. The van der Waals surface area contributed by atoms with E-state index in [1.165, 1.54) is 0 Å². The molecular weight excluding hydrogens is 236 g/mol. The molecular formula is C13H17ClN2O. The van der Waals surface area contributed by atoms with Crippen LogP contribution in [0, 0.1) is 6.92 Å². The van der Waals surface area contributed by atoms with Gasteiger partial charge in [-0.2, -0.15) is 0 Å². The van der Waals surface area contributed by atoms with Crippen LogP contribution in [0.2, 0.25) is 5.02 Å². The number of rotatable bonds is 0. The first-order chi connectivity index (χ1) is 7.84. The van der Waals surface area contributed by atoms with Crippen molar-refractivity contribution in [2.45, 2.75) is 33.2 Å². The predicted molar refractivity (Wildman–Crippen MR) is 71.9 cm³/mol. The number of nitrogens with zero attached hydrogens (tertiary/aromatic N) is 1. The lowest BCUT2D eigenvalue weighted by Crippen LogP contribution is -2.54. The molecule has 1 aromatic rings. The van der Waals surface area contributed by atoms with Gasteiger partial charge in [-0.1, -0.05) is 11.6 Å². The van der Waals surface area contributed by atoms with E-state index in [1.807, 2.05) is 37.8 Å². The van der Waals surface area contributed by atoms with Crippen molar-refractivity contribution in [1.82, 2.24) is 0 Å². The molecule has 0 unspecified atom stereocenters. The van der Waals surface area contributed by atoms with Crippen molar-refractivity contribution in [3.63, 3.8) is 0 Å². The van der Waals surface area contributed by atoms with Crippen molar-refractivity contribution in [1.29, 1.82) is 0 Å². The van der Waals surface area contributed by atoms with Crippen molar-refractivity contribution in [3.8, 4) is 0 Å². The zero-order chi connectivity index (χ0) is 12.8. The van der Waals surface area contributed by atoms with Gasteiger partial charge in [-0.15, -0.1) is 0 Å². The van der Waals surface area contributed by atoms with Crippen LogP contribution in [0.5, 0.6) is 0 Å². The van der Waals surface area contributed by atoms with Crippen LogP contribution in [-0.4, -0.2) is 18.0 Å². The number of carbonyl (C=O) groups is 1. The maximum Gasteiger partial charge on any atom is 0.224 e. The van der Waals surface area contributed by atoms with Gasteiger partial charge in [0.15, 0.2) is 0 Å². The van der Waals surface area contributed by atoms with E-state index in [0.717, 1.165) is 28.5 Å². The number of anilines is 2. The molecule has 1 aliphatic rings. The smallest absolute Gasteiger partial charge is 0.224 e. The third-order valence-corrected chi connectivity index (χ3v) is 3.65. The summed E-state index contributed by atoms with van der Waals surface area (Å²) in [6, 6.07) is 3.74. The van der Waals surface area contributed by atoms with Gasteiger partial charge in [0, 0.05) is 18.5 Å². The van der Waals surface area contributed by atoms with E-state index in [4.69, 9.17) is 11.6 Å². The summed E-state index contributed by atoms with van der Waals surface area (Å²) in [7, 11) is 0. The molecule has 0 fully saturated rings. The van der Waals surface area contributed by atoms with Gasteiger partial charge in [0.05, 0.1) is 16.9 Å². The van der Waals surface area contributed by atoms with Gasteiger partial charge in [0.2, 0.25) is 5.91 Å². The summed E-state index contributed by atoms with van der Waals surface area (Å²) in [6.07, 6.45) is 0. The van der Waals surface area contributed by atoms with Crippen LogP contribution in [0.3, 0.4) is 0 Å². The first kappa shape index (κ1) is 12.2. The minimum Gasteiger partial charge on any atom is -0.381 e. The topological polar surface area (TPSA) is 32.3 Å². The van der Waals surface area contributed by atoms with Crippen molar-refractivity contribution in [2.75, 3.05) is 16.8 Å². The molecule has 0 saturated heterocycles. The highest BCUT2D eigenvalue weighted by molar-refractivity contribution is 6.32. The fourth-order valence-electron chi connectivity index (χ4n) is 2.39. The summed E-state index contributed by atoms with van der Waals surface area (Å²) in [6.45, 7) is 8.38. The molecule has 1 aliphatic heterocycles. The van der Waals surface area contributed by atoms with E-state index in [-0.39, 0.29) is 11.4 Å². The quantitative estimate of drug-likeness (QED) is 0.769. The van der Waals surface area contributed by atoms with Crippen LogP contribution >= 0.6 is 11.6 Å². The molecule has 1 heterocycles. The van der Waals surface area contributed by atoms with Crippen molar-refractivity contribution >= 4 is 28.9 Å². The molecule has 1 aromatic carbocycles. The molecule has 3 nitrogen and oxygen atoms in total. The summed E-state index contributed by atoms with van der Waals surface area (Å²) in [5.74, 6) is 0.0551. The predicted octanol–water partition coefficient (Wildman–Crippen LogP) is 3.21.